The molecule has 0 unspecified atom stereocenters. The van der Waals surface area contributed by atoms with E-state index in [9.17, 15) is 9.59 Å². The topological polar surface area (TPSA) is 49.9 Å². The van der Waals surface area contributed by atoms with Gasteiger partial charge in [-0.3, -0.25) is 14.6 Å². The Balaban J connectivity index is 1.58. The van der Waals surface area contributed by atoms with Crippen LogP contribution in [0.4, 0.5) is 0 Å². The number of piperazine rings is 1. The molecule has 0 aliphatic carbocycles. The van der Waals surface area contributed by atoms with Crippen LogP contribution in [0.2, 0.25) is 0 Å². The number of hydrogen-bond donors (Lipinski definition) is 0. The fraction of sp³-hybridized carbons (Fsp3) is 0.360. The van der Waals surface area contributed by atoms with Crippen LogP contribution in [-0.2, 0) is 22.6 Å². The molecule has 30 heavy (non-hydrogen) atoms. The number of hydrogen-bond acceptors (Lipinski definition) is 5. The summed E-state index contributed by atoms with van der Waals surface area (Å²) in [5.74, 6) is -0.350. The van der Waals surface area contributed by atoms with Crippen molar-refractivity contribution in [1.29, 1.82) is 0 Å². The molecule has 1 aliphatic rings. The van der Waals surface area contributed by atoms with Crippen molar-refractivity contribution >= 4 is 18.3 Å². The van der Waals surface area contributed by atoms with Gasteiger partial charge in [0, 0.05) is 49.9 Å². The summed E-state index contributed by atoms with van der Waals surface area (Å²) in [4.78, 5) is 27.3. The lowest BCUT2D eigenvalue weighted by atomic mass is 10.0. The van der Waals surface area contributed by atoms with Crippen molar-refractivity contribution in [2.45, 2.75) is 39.0 Å². The van der Waals surface area contributed by atoms with Gasteiger partial charge in [-0.25, -0.2) is 4.79 Å². The van der Waals surface area contributed by atoms with Crippen molar-refractivity contribution in [3.8, 4) is 0 Å². The molecule has 1 saturated heterocycles. The van der Waals surface area contributed by atoms with Gasteiger partial charge >= 0.3 is 5.97 Å². The van der Waals surface area contributed by atoms with Crippen molar-refractivity contribution in [3.05, 3.63) is 76.9 Å². The Hall–Kier alpha value is -2.76. The Kier molecular flexibility index (Phi) is 7.55. The molecule has 0 bridgehead atoms. The van der Waals surface area contributed by atoms with Crippen molar-refractivity contribution in [2.24, 2.45) is 0 Å². The molecule has 2 aromatic rings. The highest BCUT2D eigenvalue weighted by atomic mass is 16.5. The van der Waals surface area contributed by atoms with Crippen molar-refractivity contribution in [3.63, 3.8) is 0 Å². The van der Waals surface area contributed by atoms with E-state index in [1.807, 2.05) is 30.3 Å². The highest BCUT2D eigenvalue weighted by Crippen LogP contribution is 2.21. The third-order valence-electron chi connectivity index (χ3n) is 5.63. The van der Waals surface area contributed by atoms with Crippen LogP contribution in [0, 0.1) is 0 Å². The maximum atomic E-state index is 11.2. The van der Waals surface area contributed by atoms with Crippen LogP contribution in [0.15, 0.2) is 54.6 Å². The molecule has 2 atom stereocenters. The van der Waals surface area contributed by atoms with Gasteiger partial charge in [-0.15, -0.1) is 0 Å². The quantitative estimate of drug-likeness (QED) is 0.398. The summed E-state index contributed by atoms with van der Waals surface area (Å²) >= 11 is 0. The van der Waals surface area contributed by atoms with Crippen LogP contribution >= 0.6 is 0 Å². The summed E-state index contributed by atoms with van der Waals surface area (Å²) in [6, 6.07) is 17.0. The largest absolute Gasteiger partial charge is 0.466 e. The fourth-order valence-electron chi connectivity index (χ4n) is 4.11. The zero-order valence-corrected chi connectivity index (χ0v) is 18.0. The van der Waals surface area contributed by atoms with E-state index in [0.29, 0.717) is 12.1 Å². The monoisotopic (exact) mass is 406 g/mol. The minimum absolute atomic E-state index is 0.350. The van der Waals surface area contributed by atoms with E-state index >= 15 is 0 Å². The van der Waals surface area contributed by atoms with Gasteiger partial charge < -0.3 is 4.74 Å². The first kappa shape index (κ1) is 21.9. The van der Waals surface area contributed by atoms with Crippen LogP contribution in [-0.4, -0.2) is 54.3 Å². The summed E-state index contributed by atoms with van der Waals surface area (Å²) in [5, 5.41) is 0. The standard InChI is InChI=1S/C25H30N2O3/c1-19-14-26(16-23-5-4-6-24(13-23)18-28)15-20(2)27(19)17-22-9-7-21(8-10-22)11-12-25(29)30-3/h4-13,18-20H,14-17H2,1-3H3/t19-,20+. The molecule has 0 amide bonds. The zero-order valence-electron chi connectivity index (χ0n) is 18.0. The summed E-state index contributed by atoms with van der Waals surface area (Å²) in [6.07, 6.45) is 4.10. The first-order chi connectivity index (χ1) is 14.5. The van der Waals surface area contributed by atoms with E-state index in [0.717, 1.165) is 43.6 Å². The van der Waals surface area contributed by atoms with Crippen molar-refractivity contribution < 1.29 is 14.3 Å². The van der Waals surface area contributed by atoms with E-state index in [1.165, 1.54) is 24.3 Å². The van der Waals surface area contributed by atoms with Crippen LogP contribution in [0.25, 0.3) is 6.08 Å². The van der Waals surface area contributed by atoms with Gasteiger partial charge in [-0.05, 0) is 42.7 Å². The molecular formula is C25H30N2O3. The lowest BCUT2D eigenvalue weighted by molar-refractivity contribution is -0.134. The second kappa shape index (κ2) is 10.3. The lowest BCUT2D eigenvalue weighted by Crippen LogP contribution is -2.55. The SMILES string of the molecule is COC(=O)C=Cc1ccc(CN2[C@H](C)CN(Cc3cccc(C=O)c3)C[C@@H]2C)cc1. The van der Waals surface area contributed by atoms with Crippen LogP contribution in [0.1, 0.15) is 40.9 Å². The Morgan fingerprint density at radius 2 is 1.70 bits per heavy atom. The molecule has 2 aromatic carbocycles. The number of methoxy groups -OCH3 is 1. The molecule has 0 aromatic heterocycles. The Labute approximate surface area is 178 Å². The van der Waals surface area contributed by atoms with Crippen LogP contribution < -0.4 is 0 Å². The van der Waals surface area contributed by atoms with E-state index in [4.69, 9.17) is 0 Å². The van der Waals surface area contributed by atoms with Gasteiger partial charge in [0.2, 0.25) is 0 Å². The minimum Gasteiger partial charge on any atom is -0.466 e. The molecule has 158 valence electrons. The molecule has 0 radical (unpaired) electrons. The second-order valence-corrected chi connectivity index (χ2v) is 8.03. The minimum atomic E-state index is -0.350. The van der Waals surface area contributed by atoms with Gasteiger partial charge in [-0.2, -0.15) is 0 Å². The maximum absolute atomic E-state index is 11.2. The normalized spacial score (nSPS) is 20.4. The van der Waals surface area contributed by atoms with E-state index < -0.39 is 0 Å². The predicted octanol–water partition coefficient (Wildman–Crippen LogP) is 3.78. The fourth-order valence-corrected chi connectivity index (χ4v) is 4.11. The third-order valence-corrected chi connectivity index (χ3v) is 5.63. The summed E-state index contributed by atoms with van der Waals surface area (Å²) in [7, 11) is 1.38. The average molecular weight is 407 g/mol. The van der Waals surface area contributed by atoms with Gasteiger partial charge in [0.05, 0.1) is 7.11 Å². The maximum Gasteiger partial charge on any atom is 0.330 e. The first-order valence-electron chi connectivity index (χ1n) is 10.4. The number of aldehydes is 1. The predicted molar refractivity (Wildman–Crippen MR) is 119 cm³/mol. The van der Waals surface area contributed by atoms with E-state index in [1.54, 1.807) is 6.08 Å². The molecule has 1 heterocycles. The molecule has 5 heteroatoms. The van der Waals surface area contributed by atoms with Gasteiger partial charge in [0.15, 0.2) is 0 Å². The number of ether oxygens (including phenoxy) is 1. The number of nitrogens with zero attached hydrogens (tertiary/aromatic N) is 2. The molecular weight excluding hydrogens is 376 g/mol. The third kappa shape index (κ3) is 5.88. The van der Waals surface area contributed by atoms with Gasteiger partial charge in [0.1, 0.15) is 6.29 Å². The number of carbonyl (C=O) groups is 2. The molecule has 5 nitrogen and oxygen atoms in total. The molecule has 0 saturated carbocycles. The van der Waals surface area contributed by atoms with Crippen molar-refractivity contribution in [1.82, 2.24) is 9.80 Å². The molecule has 1 aliphatic heterocycles. The number of benzene rings is 2. The summed E-state index contributed by atoms with van der Waals surface area (Å²) in [6.45, 7) is 8.31. The second-order valence-electron chi connectivity index (χ2n) is 8.03. The Bertz CT molecular complexity index is 880. The molecule has 1 fully saturated rings. The number of esters is 1. The average Bonchev–Trinajstić information content (AvgIpc) is 2.75. The molecule has 3 rings (SSSR count). The molecule has 0 N–H and O–H groups in total. The first-order valence-corrected chi connectivity index (χ1v) is 10.4. The van der Waals surface area contributed by atoms with E-state index in [-0.39, 0.29) is 5.97 Å². The summed E-state index contributed by atoms with van der Waals surface area (Å²) < 4.78 is 4.63. The van der Waals surface area contributed by atoms with Gasteiger partial charge in [-0.1, -0.05) is 42.5 Å². The van der Waals surface area contributed by atoms with Crippen LogP contribution in [0.3, 0.4) is 0 Å². The highest BCUT2D eigenvalue weighted by Gasteiger charge is 2.29. The zero-order chi connectivity index (χ0) is 21.5. The summed E-state index contributed by atoms with van der Waals surface area (Å²) in [5.41, 5.74) is 4.16. The smallest absolute Gasteiger partial charge is 0.330 e. The van der Waals surface area contributed by atoms with Crippen LogP contribution in [0.5, 0.6) is 0 Å². The number of rotatable bonds is 7. The Morgan fingerprint density at radius 1 is 1.00 bits per heavy atom. The Morgan fingerprint density at radius 3 is 2.33 bits per heavy atom. The number of carbonyl (C=O) groups excluding carboxylic acids is 2. The highest BCUT2D eigenvalue weighted by molar-refractivity contribution is 5.86. The van der Waals surface area contributed by atoms with E-state index in [2.05, 4.69) is 46.6 Å². The van der Waals surface area contributed by atoms with Crippen molar-refractivity contribution in [2.75, 3.05) is 20.2 Å². The molecule has 0 spiro atoms. The lowest BCUT2D eigenvalue weighted by Gasteiger charge is -2.44. The van der Waals surface area contributed by atoms with Gasteiger partial charge in [0.25, 0.3) is 0 Å².